The van der Waals surface area contributed by atoms with Crippen LogP contribution in [-0.4, -0.2) is 30.7 Å². The highest BCUT2D eigenvalue weighted by atomic mass is 16.5. The van der Waals surface area contributed by atoms with Gasteiger partial charge < -0.3 is 14.9 Å². The van der Waals surface area contributed by atoms with Gasteiger partial charge in [-0.15, -0.1) is 0 Å². The first-order valence-corrected chi connectivity index (χ1v) is 7.03. The van der Waals surface area contributed by atoms with Gasteiger partial charge in [0, 0.05) is 17.4 Å². The van der Waals surface area contributed by atoms with Crippen LogP contribution in [0, 0.1) is 22.7 Å². The van der Waals surface area contributed by atoms with Crippen molar-refractivity contribution in [3.63, 3.8) is 0 Å². The Hall–Kier alpha value is -2.94. The number of hydrogen-bond acceptors (Lipinski definition) is 6. The average molecular weight is 314 g/mol. The van der Waals surface area contributed by atoms with E-state index < -0.39 is 24.3 Å². The van der Waals surface area contributed by atoms with Gasteiger partial charge in [0.1, 0.15) is 11.7 Å². The lowest BCUT2D eigenvalue weighted by atomic mass is 10.0. The number of nitriles is 1. The molecule has 1 aromatic rings. The number of benzene rings is 1. The normalized spacial score (nSPS) is 11.5. The molecule has 120 valence electrons. The maximum atomic E-state index is 11.6. The minimum absolute atomic E-state index is 0.0743. The number of Topliss-reactive ketones (excluding diaryl/α,β-unsaturated/α-hetero) is 1. The Morgan fingerprint density at radius 3 is 2.70 bits per heavy atom. The molecule has 0 bridgehead atoms. The number of ether oxygens (including phenoxy) is 2. The van der Waals surface area contributed by atoms with Gasteiger partial charge in [-0.1, -0.05) is 18.2 Å². The van der Waals surface area contributed by atoms with E-state index in [2.05, 4.69) is 0 Å². The molecular formula is C17H18N2O4. The summed E-state index contributed by atoms with van der Waals surface area (Å²) in [6.07, 6.45) is 2.71. The van der Waals surface area contributed by atoms with Gasteiger partial charge in [0.15, 0.2) is 12.4 Å². The lowest BCUT2D eigenvalue weighted by molar-refractivity contribution is -0.143. The minimum Gasteiger partial charge on any atom is -0.493 e. The Kier molecular flexibility index (Phi) is 7.21. The number of nitrogens with zero attached hydrogens (tertiary/aromatic N) is 1. The second kappa shape index (κ2) is 9.15. The fraction of sp³-hybridized carbons (Fsp3) is 0.294. The summed E-state index contributed by atoms with van der Waals surface area (Å²) in [4.78, 5) is 23.3. The molecular weight excluding hydrogens is 296 g/mol. The van der Waals surface area contributed by atoms with Crippen molar-refractivity contribution in [2.75, 3.05) is 13.2 Å². The van der Waals surface area contributed by atoms with E-state index in [1.807, 2.05) is 13.0 Å². The van der Waals surface area contributed by atoms with Gasteiger partial charge in [0.2, 0.25) is 0 Å². The number of carbonyl (C=O) groups excluding carboxylic acids is 2. The molecule has 0 aliphatic heterocycles. The van der Waals surface area contributed by atoms with Crippen molar-refractivity contribution in [1.82, 2.24) is 0 Å². The van der Waals surface area contributed by atoms with Crippen LogP contribution < -0.4 is 4.74 Å². The van der Waals surface area contributed by atoms with Gasteiger partial charge in [-0.25, -0.2) is 4.79 Å². The number of rotatable bonds is 8. The Morgan fingerprint density at radius 2 is 2.09 bits per heavy atom. The molecule has 0 aliphatic carbocycles. The molecule has 1 N–H and O–H groups in total. The first-order valence-electron chi connectivity index (χ1n) is 7.03. The zero-order valence-electron chi connectivity index (χ0n) is 13.0. The molecule has 0 radical (unpaired) electrons. The maximum Gasteiger partial charge on any atom is 0.331 e. The van der Waals surface area contributed by atoms with Crippen LogP contribution in [0.15, 0.2) is 30.3 Å². The summed E-state index contributed by atoms with van der Waals surface area (Å²) in [6.45, 7) is 3.18. The second-order valence-corrected chi connectivity index (χ2v) is 4.62. The van der Waals surface area contributed by atoms with E-state index in [0.29, 0.717) is 17.9 Å². The van der Waals surface area contributed by atoms with Crippen LogP contribution in [0.25, 0.3) is 6.08 Å². The van der Waals surface area contributed by atoms with Gasteiger partial charge in [0.25, 0.3) is 0 Å². The van der Waals surface area contributed by atoms with Crippen LogP contribution in [-0.2, 0) is 14.3 Å². The highest BCUT2D eigenvalue weighted by Gasteiger charge is 2.20. The second-order valence-electron chi connectivity index (χ2n) is 4.62. The van der Waals surface area contributed by atoms with Gasteiger partial charge in [-0.05, 0) is 26.0 Å². The van der Waals surface area contributed by atoms with Crippen molar-refractivity contribution >= 4 is 23.5 Å². The third kappa shape index (κ3) is 5.75. The van der Waals surface area contributed by atoms with Crippen molar-refractivity contribution in [3.8, 4) is 11.8 Å². The number of nitrogens with one attached hydrogen (secondary N) is 1. The molecule has 0 fully saturated rings. The summed E-state index contributed by atoms with van der Waals surface area (Å²) in [5, 5.41) is 16.1. The van der Waals surface area contributed by atoms with Crippen LogP contribution >= 0.6 is 0 Å². The van der Waals surface area contributed by atoms with E-state index >= 15 is 0 Å². The highest BCUT2D eigenvalue weighted by molar-refractivity contribution is 6.06. The number of carbonyl (C=O) groups is 2. The third-order valence-electron chi connectivity index (χ3n) is 2.86. The maximum absolute atomic E-state index is 11.6. The fourth-order valence-corrected chi connectivity index (χ4v) is 1.75. The topological polar surface area (TPSA) is 100 Å². The van der Waals surface area contributed by atoms with E-state index in [-0.39, 0.29) is 5.71 Å². The number of ketones is 1. The third-order valence-corrected chi connectivity index (χ3v) is 2.86. The first-order chi connectivity index (χ1) is 11.0. The quantitative estimate of drug-likeness (QED) is 0.451. The zero-order chi connectivity index (χ0) is 17.2. The molecule has 0 spiro atoms. The SMILES string of the molecule is CCOc1ccccc1/C=C/C(=O)OCC(=O)[C@@H](C#N)C(C)=N. The Labute approximate surface area is 134 Å². The monoisotopic (exact) mass is 314 g/mol. The summed E-state index contributed by atoms with van der Waals surface area (Å²) in [5.74, 6) is -1.86. The van der Waals surface area contributed by atoms with Crippen molar-refractivity contribution in [1.29, 1.82) is 10.7 Å². The molecule has 6 nitrogen and oxygen atoms in total. The molecule has 6 heteroatoms. The van der Waals surface area contributed by atoms with Gasteiger partial charge in [-0.2, -0.15) is 5.26 Å². The van der Waals surface area contributed by atoms with Gasteiger partial charge in [-0.3, -0.25) is 4.79 Å². The highest BCUT2D eigenvalue weighted by Crippen LogP contribution is 2.19. The Bertz CT molecular complexity index is 659. The first kappa shape index (κ1) is 18.1. The number of esters is 1. The van der Waals surface area contributed by atoms with E-state index in [1.54, 1.807) is 24.3 Å². The predicted octanol–water partition coefficient (Wildman–Crippen LogP) is 2.39. The molecule has 0 amide bonds. The summed E-state index contributed by atoms with van der Waals surface area (Å²) >= 11 is 0. The van der Waals surface area contributed by atoms with Crippen molar-refractivity contribution < 1.29 is 19.1 Å². The summed E-state index contributed by atoms with van der Waals surface area (Å²) in [6, 6.07) is 8.89. The van der Waals surface area contributed by atoms with Crippen LogP contribution in [0.2, 0.25) is 0 Å². The molecule has 23 heavy (non-hydrogen) atoms. The zero-order valence-corrected chi connectivity index (χ0v) is 13.0. The van der Waals surface area contributed by atoms with Gasteiger partial charge in [0.05, 0.1) is 12.7 Å². The van der Waals surface area contributed by atoms with Crippen LogP contribution in [0.1, 0.15) is 19.4 Å². The lowest BCUT2D eigenvalue weighted by Gasteiger charge is -2.07. The van der Waals surface area contributed by atoms with Crippen molar-refractivity contribution in [2.24, 2.45) is 5.92 Å². The minimum atomic E-state index is -1.18. The average Bonchev–Trinajstić information content (AvgIpc) is 2.52. The lowest BCUT2D eigenvalue weighted by Crippen LogP contribution is -2.25. The van der Waals surface area contributed by atoms with Crippen LogP contribution in [0.5, 0.6) is 5.75 Å². The largest absolute Gasteiger partial charge is 0.493 e. The molecule has 0 aliphatic rings. The smallest absolute Gasteiger partial charge is 0.331 e. The van der Waals surface area contributed by atoms with Crippen LogP contribution in [0.3, 0.4) is 0 Å². The number of para-hydroxylation sites is 1. The summed E-state index contributed by atoms with van der Waals surface area (Å²) < 4.78 is 10.2. The van der Waals surface area contributed by atoms with Crippen LogP contribution in [0.4, 0.5) is 0 Å². The Balaban J connectivity index is 2.62. The molecule has 0 saturated carbocycles. The summed E-state index contributed by atoms with van der Waals surface area (Å²) in [5.41, 5.74) is 0.637. The molecule has 1 atom stereocenters. The summed E-state index contributed by atoms with van der Waals surface area (Å²) in [7, 11) is 0. The molecule has 0 aromatic heterocycles. The standard InChI is InChI=1S/C17H18N2O4/c1-3-22-16-7-5-4-6-13(16)8-9-17(21)23-11-15(20)14(10-18)12(2)19/h4-9,14,19H,3,11H2,1-2H3/b9-8+,19-12?/t14-/m0/s1. The van der Waals surface area contributed by atoms with Crippen molar-refractivity contribution in [2.45, 2.75) is 13.8 Å². The number of hydrogen-bond donors (Lipinski definition) is 1. The molecule has 0 saturated heterocycles. The molecule has 1 rings (SSSR count). The molecule has 0 unspecified atom stereocenters. The fourth-order valence-electron chi connectivity index (χ4n) is 1.75. The Morgan fingerprint density at radius 1 is 1.39 bits per heavy atom. The molecule has 1 aromatic carbocycles. The van der Waals surface area contributed by atoms with E-state index in [9.17, 15) is 9.59 Å². The van der Waals surface area contributed by atoms with Gasteiger partial charge >= 0.3 is 5.97 Å². The van der Waals surface area contributed by atoms with E-state index in [4.69, 9.17) is 20.1 Å². The van der Waals surface area contributed by atoms with E-state index in [0.717, 1.165) is 0 Å². The molecule has 0 heterocycles. The van der Waals surface area contributed by atoms with E-state index in [1.165, 1.54) is 19.1 Å². The predicted molar refractivity (Wildman–Crippen MR) is 85.1 cm³/mol. The van der Waals surface area contributed by atoms with Crippen molar-refractivity contribution in [3.05, 3.63) is 35.9 Å².